The Morgan fingerprint density at radius 1 is 1.39 bits per heavy atom. The quantitative estimate of drug-likeness (QED) is 0.566. The molecule has 0 aliphatic carbocycles. The number of hydrogen-bond acceptors (Lipinski definition) is 9. The number of pyridine rings is 1. The van der Waals surface area contributed by atoms with E-state index in [1.807, 2.05) is 12.1 Å². The highest BCUT2D eigenvalue weighted by Crippen LogP contribution is 2.17. The van der Waals surface area contributed by atoms with Gasteiger partial charge >= 0.3 is 0 Å². The summed E-state index contributed by atoms with van der Waals surface area (Å²) in [6.07, 6.45) is 3.25. The van der Waals surface area contributed by atoms with Gasteiger partial charge in [0.05, 0.1) is 19.3 Å². The average molecular weight is 440 g/mol. The van der Waals surface area contributed by atoms with Gasteiger partial charge in [-0.05, 0) is 13.0 Å². The second kappa shape index (κ2) is 10.4. The highest BCUT2D eigenvalue weighted by Gasteiger charge is 2.15. The minimum absolute atomic E-state index is 0.197. The van der Waals surface area contributed by atoms with Crippen LogP contribution in [0, 0.1) is 22.7 Å². The summed E-state index contributed by atoms with van der Waals surface area (Å²) in [5, 5.41) is 23.5. The van der Waals surface area contributed by atoms with Gasteiger partial charge in [0, 0.05) is 43.8 Å². The van der Waals surface area contributed by atoms with E-state index in [1.165, 1.54) is 4.57 Å². The van der Waals surface area contributed by atoms with Crippen molar-refractivity contribution in [3.8, 4) is 12.1 Å². The molecule has 2 aromatic rings. The molecule has 0 atom stereocenters. The van der Waals surface area contributed by atoms with E-state index in [1.54, 1.807) is 31.5 Å². The summed E-state index contributed by atoms with van der Waals surface area (Å²) in [7, 11) is 0. The van der Waals surface area contributed by atoms with Gasteiger partial charge in [-0.25, -0.2) is 4.98 Å². The Kier molecular flexibility index (Phi) is 7.38. The monoisotopic (exact) mass is 439 g/mol. The molecule has 0 aromatic carbocycles. The Morgan fingerprint density at radius 2 is 2.16 bits per heavy atom. The normalized spacial score (nSPS) is 15.1. The Morgan fingerprint density at radius 3 is 2.84 bits per heavy atom. The Labute approximate surface area is 182 Å². The molecule has 1 aliphatic heterocycles. The second-order valence-electron chi connectivity index (χ2n) is 6.44. The van der Waals surface area contributed by atoms with Crippen molar-refractivity contribution < 1.29 is 9.53 Å². The lowest BCUT2D eigenvalue weighted by molar-refractivity contribution is -0.115. The summed E-state index contributed by atoms with van der Waals surface area (Å²) in [4.78, 5) is 31.5. The van der Waals surface area contributed by atoms with Gasteiger partial charge in [-0.2, -0.15) is 10.5 Å². The number of thiazole rings is 1. The van der Waals surface area contributed by atoms with Gasteiger partial charge in [0.2, 0.25) is 0 Å². The van der Waals surface area contributed by atoms with Crippen LogP contribution in [0.25, 0.3) is 11.8 Å². The van der Waals surface area contributed by atoms with Crippen molar-refractivity contribution in [2.75, 3.05) is 43.1 Å². The van der Waals surface area contributed by atoms with Crippen LogP contribution in [0.3, 0.4) is 0 Å². The van der Waals surface area contributed by atoms with E-state index in [-0.39, 0.29) is 22.3 Å². The van der Waals surface area contributed by atoms with Gasteiger partial charge in [0.1, 0.15) is 27.6 Å². The fourth-order valence-corrected chi connectivity index (χ4v) is 4.11. The highest BCUT2D eigenvalue weighted by atomic mass is 32.1. The van der Waals surface area contributed by atoms with Crippen LogP contribution in [0.2, 0.25) is 0 Å². The third-order valence-corrected chi connectivity index (χ3v) is 5.69. The predicted octanol–water partition coefficient (Wildman–Crippen LogP) is -0.675. The maximum atomic E-state index is 12.8. The first-order valence-corrected chi connectivity index (χ1v) is 10.4. The van der Waals surface area contributed by atoms with Gasteiger partial charge in [-0.15, -0.1) is 11.3 Å². The zero-order valence-electron chi connectivity index (χ0n) is 16.9. The standard InChI is InChI=1S/C20H21N7O3S/c1-2-27-19(29)16(31-20(27)15(12-22)18(28)24-6-4-21)13-25-14-3-5-23-17(11-14)26-7-9-30-10-8-26/h3,5,11,13H,2,6-10H2,1H3,(H,23,25)(H,24,28). The molecule has 11 heteroatoms. The zero-order valence-corrected chi connectivity index (χ0v) is 17.7. The fourth-order valence-electron chi connectivity index (χ4n) is 3.02. The molecular formula is C20H21N7O3S. The van der Waals surface area contributed by atoms with Crippen LogP contribution >= 0.6 is 11.3 Å². The van der Waals surface area contributed by atoms with Crippen molar-refractivity contribution >= 4 is 40.5 Å². The van der Waals surface area contributed by atoms with Crippen LogP contribution in [0.15, 0.2) is 23.1 Å². The summed E-state index contributed by atoms with van der Waals surface area (Å²) in [5.41, 5.74) is 0.251. The van der Waals surface area contributed by atoms with E-state index < -0.39 is 5.91 Å². The van der Waals surface area contributed by atoms with E-state index in [9.17, 15) is 14.9 Å². The van der Waals surface area contributed by atoms with Crippen molar-refractivity contribution in [2.45, 2.75) is 13.5 Å². The molecule has 1 amide bonds. The van der Waals surface area contributed by atoms with E-state index in [4.69, 9.17) is 10.00 Å². The smallest absolute Gasteiger partial charge is 0.270 e. The number of hydrogen-bond donors (Lipinski definition) is 2. The molecule has 1 saturated heterocycles. The lowest BCUT2D eigenvalue weighted by atomic mass is 10.3. The number of aromatic nitrogens is 2. The van der Waals surface area contributed by atoms with Crippen LogP contribution < -0.4 is 30.3 Å². The number of nitrogens with one attached hydrogen (secondary N) is 2. The second-order valence-corrected chi connectivity index (χ2v) is 7.47. The van der Waals surface area contributed by atoms with Gasteiger partial charge in [0.25, 0.3) is 11.5 Å². The minimum atomic E-state index is -0.684. The van der Waals surface area contributed by atoms with Crippen molar-refractivity contribution in [3.63, 3.8) is 0 Å². The van der Waals surface area contributed by atoms with Crippen molar-refractivity contribution in [1.82, 2.24) is 14.9 Å². The third-order valence-electron chi connectivity index (χ3n) is 4.56. The van der Waals surface area contributed by atoms with Crippen molar-refractivity contribution in [1.29, 1.82) is 10.5 Å². The molecule has 0 spiro atoms. The average Bonchev–Trinajstić information content (AvgIpc) is 3.12. The molecule has 2 N–H and O–H groups in total. The van der Waals surface area contributed by atoms with E-state index in [0.717, 1.165) is 35.9 Å². The number of nitrogens with zero attached hydrogens (tertiary/aromatic N) is 5. The Hall–Kier alpha value is -3.67. The van der Waals surface area contributed by atoms with E-state index >= 15 is 0 Å². The molecule has 31 heavy (non-hydrogen) atoms. The van der Waals surface area contributed by atoms with Crippen molar-refractivity contribution in [3.05, 3.63) is 37.9 Å². The van der Waals surface area contributed by atoms with Gasteiger partial charge in [0.15, 0.2) is 5.57 Å². The maximum absolute atomic E-state index is 12.8. The van der Waals surface area contributed by atoms with Gasteiger partial charge < -0.3 is 20.3 Å². The molecule has 0 radical (unpaired) electrons. The van der Waals surface area contributed by atoms with Crippen molar-refractivity contribution in [2.24, 2.45) is 0 Å². The summed E-state index contributed by atoms with van der Waals surface area (Å²) >= 11 is 1.04. The van der Waals surface area contributed by atoms with Crippen LogP contribution in [-0.2, 0) is 16.1 Å². The largest absolute Gasteiger partial charge is 0.378 e. The molecule has 0 bridgehead atoms. The molecule has 10 nitrogen and oxygen atoms in total. The summed E-state index contributed by atoms with van der Waals surface area (Å²) in [6.45, 7) is 4.66. The Bertz CT molecular complexity index is 1210. The molecule has 0 saturated carbocycles. The summed E-state index contributed by atoms with van der Waals surface area (Å²) in [6, 6.07) is 7.31. The SMILES string of the molecule is CCn1c(=C(C#N)C(=O)NCC#N)sc(=CNc2ccnc(N3CCOCC3)c2)c1=O. The number of rotatable bonds is 6. The van der Waals surface area contributed by atoms with E-state index in [0.29, 0.717) is 24.3 Å². The number of morpholine rings is 1. The first kappa shape index (κ1) is 22.0. The number of nitriles is 2. The van der Waals surface area contributed by atoms with Crippen LogP contribution in [0.4, 0.5) is 11.5 Å². The fraction of sp³-hybridized carbons (Fsp3) is 0.350. The molecule has 1 fully saturated rings. The van der Waals surface area contributed by atoms with Crippen LogP contribution in [0.1, 0.15) is 6.92 Å². The summed E-state index contributed by atoms with van der Waals surface area (Å²) < 4.78 is 7.34. The third kappa shape index (κ3) is 5.09. The number of carbonyl (C=O) groups is 1. The van der Waals surface area contributed by atoms with Gasteiger partial charge in [-0.3, -0.25) is 14.2 Å². The highest BCUT2D eigenvalue weighted by molar-refractivity contribution is 7.07. The lowest BCUT2D eigenvalue weighted by Crippen LogP contribution is -2.36. The predicted molar refractivity (Wildman–Crippen MR) is 117 cm³/mol. The maximum Gasteiger partial charge on any atom is 0.270 e. The number of anilines is 2. The zero-order chi connectivity index (χ0) is 22.2. The molecule has 2 aromatic heterocycles. The topological polar surface area (TPSA) is 136 Å². The van der Waals surface area contributed by atoms with Crippen LogP contribution in [-0.4, -0.2) is 48.3 Å². The summed E-state index contributed by atoms with van der Waals surface area (Å²) in [5.74, 6) is 0.130. The Balaban J connectivity index is 1.95. The molecule has 3 rings (SSSR count). The first-order valence-electron chi connectivity index (χ1n) is 9.63. The number of ether oxygens (including phenoxy) is 1. The molecular weight excluding hydrogens is 418 g/mol. The molecule has 1 aliphatic rings. The number of carbonyl (C=O) groups excluding carboxylic acids is 1. The van der Waals surface area contributed by atoms with Crippen LogP contribution in [0.5, 0.6) is 0 Å². The first-order chi connectivity index (χ1) is 15.1. The lowest BCUT2D eigenvalue weighted by Gasteiger charge is -2.27. The minimum Gasteiger partial charge on any atom is -0.378 e. The molecule has 3 heterocycles. The molecule has 160 valence electrons. The van der Waals surface area contributed by atoms with Gasteiger partial charge in [-0.1, -0.05) is 0 Å². The molecule has 0 unspecified atom stereocenters. The number of amides is 1. The van der Waals surface area contributed by atoms with E-state index in [2.05, 4.69) is 20.5 Å².